The summed E-state index contributed by atoms with van der Waals surface area (Å²) < 4.78 is 0. The number of aromatic nitrogens is 3. The number of benzene rings is 9. The highest BCUT2D eigenvalue weighted by Crippen LogP contribution is 2.51. The summed E-state index contributed by atoms with van der Waals surface area (Å²) in [4.78, 5) is 15.0. The van der Waals surface area contributed by atoms with E-state index in [1.165, 1.54) is 66.1 Å². The Morgan fingerprint density at radius 1 is 0.333 bits per heavy atom. The molecule has 2 aromatic heterocycles. The van der Waals surface area contributed by atoms with Crippen molar-refractivity contribution in [1.82, 2.24) is 15.0 Å². The Morgan fingerprint density at radius 2 is 0.873 bits per heavy atom. The fourth-order valence-electron chi connectivity index (χ4n) is 9.97. The van der Waals surface area contributed by atoms with E-state index in [4.69, 9.17) is 9.97 Å². The molecule has 3 nitrogen and oxygen atoms in total. The minimum atomic E-state index is -0.115. The van der Waals surface area contributed by atoms with Crippen LogP contribution in [-0.2, 0) is 5.41 Å². The first kappa shape index (κ1) is 36.8. The zero-order valence-electron chi connectivity index (χ0n) is 35.0. The van der Waals surface area contributed by atoms with Gasteiger partial charge in [0, 0.05) is 40.1 Å². The molecule has 0 fully saturated rings. The molecular formula is C60H41N3. The van der Waals surface area contributed by atoms with Gasteiger partial charge in [-0.05, 0) is 125 Å². The van der Waals surface area contributed by atoms with Gasteiger partial charge in [-0.1, -0.05) is 172 Å². The Labute approximate surface area is 367 Å². The molecule has 0 N–H and O–H groups in total. The minimum absolute atomic E-state index is 0.115. The maximum absolute atomic E-state index is 5.32. The van der Waals surface area contributed by atoms with Crippen molar-refractivity contribution in [2.45, 2.75) is 19.3 Å². The lowest BCUT2D eigenvalue weighted by Crippen LogP contribution is -2.15. The summed E-state index contributed by atoms with van der Waals surface area (Å²) in [6, 6.07) is 72.4. The number of hydrogen-bond donors (Lipinski definition) is 0. The highest BCUT2D eigenvalue weighted by Gasteiger charge is 2.36. The van der Waals surface area contributed by atoms with Crippen molar-refractivity contribution in [3.63, 3.8) is 0 Å². The molecule has 11 aromatic rings. The standard InChI is InChI=1S/C60H41N3/c1-60(2)55-35-42(25-26-52(55)54-33-40-16-6-7-17-41(40)34-56(54)60)45-27-28-50(47-22-9-8-21-46(45)47)51-29-30-53(49-24-11-10-23-48(49)51)59-62-57(38-14-4-3-5-15-38)36-58(63-59)43-19-12-18-39(32-43)44-20-13-31-61-37-44/h3-37H,1-2H3. The highest BCUT2D eigenvalue weighted by molar-refractivity contribution is 6.12. The van der Waals surface area contributed by atoms with Crippen LogP contribution < -0.4 is 0 Å². The zero-order valence-corrected chi connectivity index (χ0v) is 35.0. The second kappa shape index (κ2) is 14.6. The van der Waals surface area contributed by atoms with Crippen molar-refractivity contribution >= 4 is 32.3 Å². The van der Waals surface area contributed by atoms with E-state index < -0.39 is 0 Å². The number of nitrogens with zero attached hydrogens (tertiary/aromatic N) is 3. The van der Waals surface area contributed by atoms with Gasteiger partial charge in [0.05, 0.1) is 11.4 Å². The molecule has 0 spiro atoms. The van der Waals surface area contributed by atoms with Crippen LogP contribution in [0.15, 0.2) is 213 Å². The molecule has 0 aliphatic heterocycles. The van der Waals surface area contributed by atoms with Gasteiger partial charge < -0.3 is 0 Å². The van der Waals surface area contributed by atoms with E-state index in [0.29, 0.717) is 5.82 Å². The second-order valence-corrected chi connectivity index (χ2v) is 17.2. The molecule has 0 bridgehead atoms. The van der Waals surface area contributed by atoms with Crippen LogP contribution in [0.4, 0.5) is 0 Å². The predicted molar refractivity (Wildman–Crippen MR) is 263 cm³/mol. The molecule has 1 aliphatic carbocycles. The summed E-state index contributed by atoms with van der Waals surface area (Å²) in [7, 11) is 0. The van der Waals surface area contributed by atoms with Crippen molar-refractivity contribution in [1.29, 1.82) is 0 Å². The zero-order chi connectivity index (χ0) is 42.1. The Bertz CT molecular complexity index is 3590. The van der Waals surface area contributed by atoms with Gasteiger partial charge in [0.15, 0.2) is 5.82 Å². The highest BCUT2D eigenvalue weighted by atomic mass is 14.9. The molecule has 0 unspecified atom stereocenters. The molecule has 0 radical (unpaired) electrons. The van der Waals surface area contributed by atoms with Gasteiger partial charge in [-0.3, -0.25) is 4.98 Å². The topological polar surface area (TPSA) is 38.7 Å². The van der Waals surface area contributed by atoms with E-state index in [1.807, 2.05) is 18.3 Å². The molecule has 0 saturated heterocycles. The molecule has 0 saturated carbocycles. The minimum Gasteiger partial charge on any atom is -0.264 e. The van der Waals surface area contributed by atoms with Crippen LogP contribution in [0, 0.1) is 0 Å². The van der Waals surface area contributed by atoms with Gasteiger partial charge >= 0.3 is 0 Å². The molecule has 0 amide bonds. The van der Waals surface area contributed by atoms with Gasteiger partial charge in [0.1, 0.15) is 0 Å². The largest absolute Gasteiger partial charge is 0.264 e. The van der Waals surface area contributed by atoms with Crippen LogP contribution in [0.25, 0.3) is 111 Å². The molecule has 12 rings (SSSR count). The van der Waals surface area contributed by atoms with E-state index >= 15 is 0 Å². The van der Waals surface area contributed by atoms with E-state index in [9.17, 15) is 0 Å². The van der Waals surface area contributed by atoms with E-state index in [1.54, 1.807) is 6.20 Å². The summed E-state index contributed by atoms with van der Waals surface area (Å²) in [5, 5.41) is 7.30. The molecule has 63 heavy (non-hydrogen) atoms. The summed E-state index contributed by atoms with van der Waals surface area (Å²) >= 11 is 0. The Balaban J connectivity index is 0.978. The lowest BCUT2D eigenvalue weighted by Gasteiger charge is -2.22. The van der Waals surface area contributed by atoms with Gasteiger partial charge in [-0.15, -0.1) is 0 Å². The predicted octanol–water partition coefficient (Wildman–Crippen LogP) is 15.6. The number of rotatable bonds is 6. The third kappa shape index (κ3) is 6.15. The van der Waals surface area contributed by atoms with Crippen LogP contribution in [-0.4, -0.2) is 15.0 Å². The van der Waals surface area contributed by atoms with Crippen molar-refractivity contribution in [3.05, 3.63) is 224 Å². The lowest BCUT2D eigenvalue weighted by atomic mass is 9.80. The normalized spacial score (nSPS) is 12.7. The van der Waals surface area contributed by atoms with E-state index in [2.05, 4.69) is 207 Å². The number of hydrogen-bond acceptors (Lipinski definition) is 3. The van der Waals surface area contributed by atoms with Crippen LogP contribution in [0.2, 0.25) is 0 Å². The first-order valence-electron chi connectivity index (χ1n) is 21.7. The molecule has 2 heterocycles. The Kier molecular flexibility index (Phi) is 8.52. The smallest absolute Gasteiger partial charge is 0.161 e. The number of pyridine rings is 1. The molecule has 9 aromatic carbocycles. The number of fused-ring (bicyclic) bond motifs is 6. The molecule has 1 aliphatic rings. The molecule has 296 valence electrons. The maximum Gasteiger partial charge on any atom is 0.161 e. The van der Waals surface area contributed by atoms with Crippen molar-refractivity contribution in [2.24, 2.45) is 0 Å². The molecule has 0 atom stereocenters. The van der Waals surface area contributed by atoms with E-state index in [-0.39, 0.29) is 5.41 Å². The lowest BCUT2D eigenvalue weighted by molar-refractivity contribution is 0.661. The fourth-order valence-corrected chi connectivity index (χ4v) is 9.97. The fraction of sp³-hybridized carbons (Fsp3) is 0.0500. The summed E-state index contributed by atoms with van der Waals surface area (Å²) in [6.07, 6.45) is 3.71. The Morgan fingerprint density at radius 3 is 1.59 bits per heavy atom. The van der Waals surface area contributed by atoms with Crippen LogP contribution in [0.5, 0.6) is 0 Å². The van der Waals surface area contributed by atoms with E-state index in [0.717, 1.165) is 50.0 Å². The van der Waals surface area contributed by atoms with Crippen molar-refractivity contribution < 1.29 is 0 Å². The van der Waals surface area contributed by atoms with Crippen LogP contribution >= 0.6 is 0 Å². The van der Waals surface area contributed by atoms with Crippen LogP contribution in [0.3, 0.4) is 0 Å². The molecule has 3 heteroatoms. The third-order valence-electron chi connectivity index (χ3n) is 13.2. The summed E-state index contributed by atoms with van der Waals surface area (Å²) in [5.41, 5.74) is 17.2. The average molecular weight is 804 g/mol. The molecular weight excluding hydrogens is 763 g/mol. The first-order valence-corrected chi connectivity index (χ1v) is 21.7. The second-order valence-electron chi connectivity index (χ2n) is 17.2. The van der Waals surface area contributed by atoms with Gasteiger partial charge in [-0.25, -0.2) is 9.97 Å². The quantitative estimate of drug-likeness (QED) is 0.168. The summed E-state index contributed by atoms with van der Waals surface area (Å²) in [6.45, 7) is 4.74. The maximum atomic E-state index is 5.32. The Hall–Kier alpha value is -8.01. The monoisotopic (exact) mass is 803 g/mol. The van der Waals surface area contributed by atoms with Gasteiger partial charge in [-0.2, -0.15) is 0 Å². The van der Waals surface area contributed by atoms with Crippen LogP contribution in [0.1, 0.15) is 25.0 Å². The van der Waals surface area contributed by atoms with Gasteiger partial charge in [0.2, 0.25) is 0 Å². The van der Waals surface area contributed by atoms with Gasteiger partial charge in [0.25, 0.3) is 0 Å². The first-order chi connectivity index (χ1) is 31.0. The van der Waals surface area contributed by atoms with Crippen molar-refractivity contribution in [3.8, 4) is 78.4 Å². The third-order valence-corrected chi connectivity index (χ3v) is 13.2. The average Bonchev–Trinajstić information content (AvgIpc) is 3.57. The van der Waals surface area contributed by atoms with Crippen molar-refractivity contribution in [2.75, 3.05) is 0 Å². The SMILES string of the molecule is CC1(C)c2cc(-c3ccc(-c4ccc(-c5nc(-c6ccccc6)cc(-c6cccc(-c7cccnc7)c6)n5)c5ccccc45)c4ccccc34)ccc2-c2cc3ccccc3cc21. The summed E-state index contributed by atoms with van der Waals surface area (Å²) in [5.74, 6) is 0.691.